The Labute approximate surface area is 100.0 Å². The summed E-state index contributed by atoms with van der Waals surface area (Å²) in [6.07, 6.45) is 2.89. The van der Waals surface area contributed by atoms with Gasteiger partial charge in [-0.25, -0.2) is 0 Å². The fourth-order valence-electron chi connectivity index (χ4n) is 1.74. The van der Waals surface area contributed by atoms with Crippen LogP contribution in [0.15, 0.2) is 0 Å². The molecule has 17 heavy (non-hydrogen) atoms. The van der Waals surface area contributed by atoms with E-state index < -0.39 is 11.9 Å². The molecular weight excluding hydrogens is 224 g/mol. The Morgan fingerprint density at radius 1 is 1.06 bits per heavy atom. The lowest BCUT2D eigenvalue weighted by Crippen LogP contribution is -2.42. The number of piperidine rings is 1. The van der Waals surface area contributed by atoms with E-state index in [1.54, 1.807) is 4.90 Å². The molecule has 96 valence electrons. The first-order valence-electron chi connectivity index (χ1n) is 5.86. The summed E-state index contributed by atoms with van der Waals surface area (Å²) in [7, 11) is 0. The minimum Gasteiger partial charge on any atom is -0.481 e. The van der Waals surface area contributed by atoms with Crippen LogP contribution < -0.4 is 5.32 Å². The van der Waals surface area contributed by atoms with E-state index in [1.165, 1.54) is 0 Å². The second kappa shape index (κ2) is 6.88. The fourth-order valence-corrected chi connectivity index (χ4v) is 1.74. The first-order chi connectivity index (χ1) is 8.09. The molecule has 0 atom stereocenters. The van der Waals surface area contributed by atoms with E-state index in [4.69, 9.17) is 5.11 Å². The van der Waals surface area contributed by atoms with Gasteiger partial charge >= 0.3 is 5.97 Å². The van der Waals surface area contributed by atoms with Gasteiger partial charge in [0.2, 0.25) is 11.8 Å². The average Bonchev–Trinajstić information content (AvgIpc) is 2.34. The van der Waals surface area contributed by atoms with Crippen molar-refractivity contribution in [2.75, 3.05) is 19.6 Å². The van der Waals surface area contributed by atoms with E-state index in [1.807, 2.05) is 0 Å². The highest BCUT2D eigenvalue weighted by molar-refractivity contribution is 5.86. The summed E-state index contributed by atoms with van der Waals surface area (Å²) < 4.78 is 0. The summed E-state index contributed by atoms with van der Waals surface area (Å²) in [4.78, 5) is 34.8. The van der Waals surface area contributed by atoms with E-state index in [0.717, 1.165) is 32.4 Å². The number of likely N-dealkylation sites (tertiary alicyclic amines) is 1. The Morgan fingerprint density at radius 3 is 2.29 bits per heavy atom. The molecule has 1 saturated heterocycles. The monoisotopic (exact) mass is 242 g/mol. The summed E-state index contributed by atoms with van der Waals surface area (Å²) in [5, 5.41) is 10.8. The number of carbonyl (C=O) groups is 3. The Balaban J connectivity index is 2.18. The van der Waals surface area contributed by atoms with Crippen molar-refractivity contribution in [2.45, 2.75) is 32.1 Å². The summed E-state index contributed by atoms with van der Waals surface area (Å²) >= 11 is 0. The summed E-state index contributed by atoms with van der Waals surface area (Å²) in [6, 6.07) is 0. The largest absolute Gasteiger partial charge is 0.481 e. The van der Waals surface area contributed by atoms with Crippen LogP contribution >= 0.6 is 0 Å². The number of rotatable bonds is 5. The van der Waals surface area contributed by atoms with Gasteiger partial charge in [-0.2, -0.15) is 0 Å². The zero-order chi connectivity index (χ0) is 12.7. The molecule has 6 nitrogen and oxygen atoms in total. The number of carboxylic acids is 1. The van der Waals surface area contributed by atoms with Crippen molar-refractivity contribution in [3.63, 3.8) is 0 Å². The van der Waals surface area contributed by atoms with Crippen molar-refractivity contribution in [1.82, 2.24) is 10.2 Å². The van der Waals surface area contributed by atoms with Gasteiger partial charge in [-0.1, -0.05) is 0 Å². The SMILES string of the molecule is O=C(O)CCC(=O)NCC(=O)N1CCCCC1. The molecule has 1 aliphatic rings. The number of nitrogens with one attached hydrogen (secondary N) is 1. The molecule has 0 bridgehead atoms. The van der Waals surface area contributed by atoms with Gasteiger partial charge in [0.1, 0.15) is 0 Å². The van der Waals surface area contributed by atoms with E-state index in [2.05, 4.69) is 5.32 Å². The molecule has 0 spiro atoms. The van der Waals surface area contributed by atoms with E-state index in [-0.39, 0.29) is 25.3 Å². The van der Waals surface area contributed by atoms with Gasteiger partial charge in [-0.3, -0.25) is 14.4 Å². The molecule has 0 aromatic rings. The molecule has 2 amide bonds. The summed E-state index contributed by atoms with van der Waals surface area (Å²) in [5.74, 6) is -1.49. The first kappa shape index (κ1) is 13.5. The highest BCUT2D eigenvalue weighted by atomic mass is 16.4. The predicted octanol–water partition coefficient (Wildman–Crippen LogP) is -0.0201. The lowest BCUT2D eigenvalue weighted by Gasteiger charge is -2.26. The maximum Gasteiger partial charge on any atom is 0.303 e. The van der Waals surface area contributed by atoms with E-state index >= 15 is 0 Å². The zero-order valence-corrected chi connectivity index (χ0v) is 9.78. The first-order valence-corrected chi connectivity index (χ1v) is 5.86. The second-order valence-corrected chi connectivity index (χ2v) is 4.11. The number of nitrogens with zero attached hydrogens (tertiary/aromatic N) is 1. The Morgan fingerprint density at radius 2 is 1.71 bits per heavy atom. The maximum atomic E-state index is 11.6. The Bertz CT molecular complexity index is 298. The summed E-state index contributed by atoms with van der Waals surface area (Å²) in [6.45, 7) is 1.48. The van der Waals surface area contributed by atoms with Crippen molar-refractivity contribution in [3.8, 4) is 0 Å². The average molecular weight is 242 g/mol. The fraction of sp³-hybridized carbons (Fsp3) is 0.727. The van der Waals surface area contributed by atoms with Crippen molar-refractivity contribution < 1.29 is 19.5 Å². The molecule has 0 saturated carbocycles. The van der Waals surface area contributed by atoms with Gasteiger partial charge < -0.3 is 15.3 Å². The molecule has 0 aromatic carbocycles. The van der Waals surface area contributed by atoms with Crippen LogP contribution in [-0.2, 0) is 14.4 Å². The maximum absolute atomic E-state index is 11.6. The van der Waals surface area contributed by atoms with Crippen molar-refractivity contribution >= 4 is 17.8 Å². The molecule has 2 N–H and O–H groups in total. The molecule has 1 aliphatic heterocycles. The van der Waals surface area contributed by atoms with Crippen LogP contribution in [0.1, 0.15) is 32.1 Å². The minimum absolute atomic E-state index is 0.0293. The molecular formula is C11H18N2O4. The van der Waals surface area contributed by atoms with Crippen molar-refractivity contribution in [3.05, 3.63) is 0 Å². The van der Waals surface area contributed by atoms with Crippen molar-refractivity contribution in [2.24, 2.45) is 0 Å². The number of aliphatic carboxylic acids is 1. The molecule has 1 fully saturated rings. The van der Waals surface area contributed by atoms with E-state index in [9.17, 15) is 14.4 Å². The topological polar surface area (TPSA) is 86.7 Å². The van der Waals surface area contributed by atoms with Gasteiger partial charge in [0, 0.05) is 19.5 Å². The smallest absolute Gasteiger partial charge is 0.303 e. The molecule has 6 heteroatoms. The van der Waals surface area contributed by atoms with Crippen LogP contribution in [0.5, 0.6) is 0 Å². The van der Waals surface area contributed by atoms with Gasteiger partial charge in [-0.05, 0) is 19.3 Å². The second-order valence-electron chi connectivity index (χ2n) is 4.11. The van der Waals surface area contributed by atoms with Crippen LogP contribution in [0.4, 0.5) is 0 Å². The summed E-state index contributed by atoms with van der Waals surface area (Å²) in [5.41, 5.74) is 0. The minimum atomic E-state index is -1.01. The van der Waals surface area contributed by atoms with Crippen LogP contribution in [-0.4, -0.2) is 47.4 Å². The van der Waals surface area contributed by atoms with E-state index in [0.29, 0.717) is 0 Å². The number of hydrogen-bond donors (Lipinski definition) is 2. The zero-order valence-electron chi connectivity index (χ0n) is 9.78. The third kappa shape index (κ3) is 5.33. The predicted molar refractivity (Wildman–Crippen MR) is 60.3 cm³/mol. The lowest BCUT2D eigenvalue weighted by molar-refractivity contribution is -0.139. The normalized spacial score (nSPS) is 15.4. The quantitative estimate of drug-likeness (QED) is 0.709. The van der Waals surface area contributed by atoms with Gasteiger partial charge in [0.25, 0.3) is 0 Å². The van der Waals surface area contributed by atoms with Crippen molar-refractivity contribution in [1.29, 1.82) is 0 Å². The van der Waals surface area contributed by atoms with Crippen LogP contribution in [0, 0.1) is 0 Å². The lowest BCUT2D eigenvalue weighted by atomic mass is 10.1. The Hall–Kier alpha value is -1.59. The van der Waals surface area contributed by atoms with Crippen LogP contribution in [0.2, 0.25) is 0 Å². The van der Waals surface area contributed by atoms with Gasteiger partial charge in [-0.15, -0.1) is 0 Å². The third-order valence-electron chi connectivity index (χ3n) is 2.71. The highest BCUT2D eigenvalue weighted by Gasteiger charge is 2.16. The standard InChI is InChI=1S/C11H18N2O4/c14-9(4-5-11(16)17)12-8-10(15)13-6-2-1-3-7-13/h1-8H2,(H,12,14)(H,16,17). The number of carbonyl (C=O) groups excluding carboxylic acids is 2. The molecule has 1 heterocycles. The number of hydrogen-bond acceptors (Lipinski definition) is 3. The van der Waals surface area contributed by atoms with Gasteiger partial charge in [0.05, 0.1) is 13.0 Å². The highest BCUT2D eigenvalue weighted by Crippen LogP contribution is 2.08. The van der Waals surface area contributed by atoms with Gasteiger partial charge in [0.15, 0.2) is 0 Å². The number of amides is 2. The Kier molecular flexibility index (Phi) is 5.45. The molecule has 0 unspecified atom stereocenters. The molecule has 0 aliphatic carbocycles. The molecule has 0 radical (unpaired) electrons. The molecule has 1 rings (SSSR count). The third-order valence-corrected chi connectivity index (χ3v) is 2.71. The van der Waals surface area contributed by atoms with Crippen LogP contribution in [0.3, 0.4) is 0 Å². The number of carboxylic acid groups (broad SMARTS) is 1. The van der Waals surface area contributed by atoms with Crippen LogP contribution in [0.25, 0.3) is 0 Å². The molecule has 0 aromatic heterocycles.